The smallest absolute Gasteiger partial charge is 0.359 e. The molecule has 9 nitrogen and oxygen atoms in total. The highest BCUT2D eigenvalue weighted by atomic mass is 32.1. The summed E-state index contributed by atoms with van der Waals surface area (Å²) in [5, 5.41) is 5.46. The van der Waals surface area contributed by atoms with Crippen molar-refractivity contribution in [2.45, 2.75) is 25.6 Å². The van der Waals surface area contributed by atoms with Gasteiger partial charge >= 0.3 is 6.18 Å². The van der Waals surface area contributed by atoms with Gasteiger partial charge in [-0.05, 0) is 25.0 Å². The number of anilines is 2. The van der Waals surface area contributed by atoms with Crippen LogP contribution in [0.3, 0.4) is 0 Å². The van der Waals surface area contributed by atoms with Crippen LogP contribution >= 0.6 is 11.3 Å². The molecule has 2 aromatic heterocycles. The van der Waals surface area contributed by atoms with Crippen molar-refractivity contribution in [2.75, 3.05) is 30.4 Å². The molecule has 0 spiro atoms. The summed E-state index contributed by atoms with van der Waals surface area (Å²) in [4.78, 5) is 47.6. The van der Waals surface area contributed by atoms with E-state index in [0.717, 1.165) is 34.4 Å². The predicted molar refractivity (Wildman–Crippen MR) is 121 cm³/mol. The number of rotatable bonds is 5. The van der Waals surface area contributed by atoms with Crippen LogP contribution in [0.1, 0.15) is 18.4 Å². The summed E-state index contributed by atoms with van der Waals surface area (Å²) in [5.41, 5.74) is -1.63. The molecular formula is C21H21F3N6O3S. The third-order valence-corrected chi connectivity index (χ3v) is 6.67. The van der Waals surface area contributed by atoms with E-state index < -0.39 is 29.8 Å². The molecule has 0 atom stereocenters. The molecule has 2 N–H and O–H groups in total. The summed E-state index contributed by atoms with van der Waals surface area (Å²) in [5.74, 6) is -0.849. The molecule has 13 heteroatoms. The average molecular weight is 494 g/mol. The molecule has 0 aliphatic carbocycles. The SMILES string of the molecule is CNC(=O)C1CCN(c2nc3ncn(CC(=O)Nc4ccccc4C(F)(F)F)c(=O)c3s2)CC1. The predicted octanol–water partition coefficient (Wildman–Crippen LogP) is 2.47. The monoisotopic (exact) mass is 494 g/mol. The van der Waals surface area contributed by atoms with Gasteiger partial charge in [0.1, 0.15) is 17.6 Å². The minimum atomic E-state index is -4.63. The molecule has 1 aromatic carbocycles. The van der Waals surface area contributed by atoms with Crippen LogP contribution in [0.5, 0.6) is 0 Å². The molecule has 34 heavy (non-hydrogen) atoms. The number of para-hydroxylation sites is 1. The summed E-state index contributed by atoms with van der Waals surface area (Å²) in [6, 6.07) is 4.61. The van der Waals surface area contributed by atoms with E-state index >= 15 is 0 Å². The van der Waals surface area contributed by atoms with Crippen molar-refractivity contribution in [1.29, 1.82) is 0 Å². The number of alkyl halides is 3. The zero-order chi connectivity index (χ0) is 24.5. The van der Waals surface area contributed by atoms with Crippen LogP contribution in [0.15, 0.2) is 35.4 Å². The van der Waals surface area contributed by atoms with Crippen molar-refractivity contribution in [3.05, 3.63) is 46.5 Å². The Balaban J connectivity index is 1.49. The first-order chi connectivity index (χ1) is 16.2. The van der Waals surface area contributed by atoms with Crippen molar-refractivity contribution in [2.24, 2.45) is 5.92 Å². The van der Waals surface area contributed by atoms with Crippen LogP contribution in [-0.4, -0.2) is 46.5 Å². The van der Waals surface area contributed by atoms with Crippen LogP contribution in [0.4, 0.5) is 24.0 Å². The van der Waals surface area contributed by atoms with E-state index in [0.29, 0.717) is 31.1 Å². The number of hydrogen-bond acceptors (Lipinski definition) is 7. The Bertz CT molecular complexity index is 1280. The lowest BCUT2D eigenvalue weighted by atomic mass is 9.96. The van der Waals surface area contributed by atoms with Gasteiger partial charge in [-0.25, -0.2) is 4.98 Å². The third kappa shape index (κ3) is 4.88. The van der Waals surface area contributed by atoms with Gasteiger partial charge in [-0.1, -0.05) is 23.5 Å². The molecule has 0 saturated carbocycles. The second-order valence-corrected chi connectivity index (χ2v) is 8.77. The molecule has 4 rings (SSSR count). The number of piperidine rings is 1. The van der Waals surface area contributed by atoms with Crippen LogP contribution in [-0.2, 0) is 22.3 Å². The Morgan fingerprint density at radius 1 is 1.21 bits per heavy atom. The minimum absolute atomic E-state index is 0.00429. The van der Waals surface area contributed by atoms with Gasteiger partial charge in [0.25, 0.3) is 5.56 Å². The molecule has 0 bridgehead atoms. The van der Waals surface area contributed by atoms with Crippen molar-refractivity contribution >= 4 is 44.3 Å². The van der Waals surface area contributed by atoms with E-state index in [-0.39, 0.29) is 27.9 Å². The van der Waals surface area contributed by atoms with Gasteiger partial charge in [0, 0.05) is 26.1 Å². The normalized spacial score (nSPS) is 14.9. The van der Waals surface area contributed by atoms with Crippen LogP contribution in [0.2, 0.25) is 0 Å². The molecule has 2 amide bonds. The van der Waals surface area contributed by atoms with Crippen LogP contribution in [0, 0.1) is 5.92 Å². The highest BCUT2D eigenvalue weighted by Crippen LogP contribution is 2.34. The lowest BCUT2D eigenvalue weighted by Crippen LogP contribution is -2.39. The number of fused-ring (bicyclic) bond motifs is 1. The third-order valence-electron chi connectivity index (χ3n) is 5.58. The number of carbonyl (C=O) groups excluding carboxylic acids is 2. The van der Waals surface area contributed by atoms with Crippen molar-refractivity contribution in [1.82, 2.24) is 19.9 Å². The Labute approximate surface area is 195 Å². The standard InChI is InChI=1S/C21H21F3N6O3S/c1-25-18(32)12-6-8-29(9-7-12)20-28-17-16(34-20)19(33)30(11-26-17)10-15(31)27-14-5-3-2-4-13(14)21(22,23)24/h2-5,11-12H,6-10H2,1H3,(H,25,32)(H,27,31). The maximum absolute atomic E-state index is 13.2. The van der Waals surface area contributed by atoms with E-state index in [2.05, 4.69) is 20.6 Å². The second-order valence-electron chi connectivity index (χ2n) is 7.79. The summed E-state index contributed by atoms with van der Waals surface area (Å²) in [6.45, 7) is 0.707. The molecule has 1 fully saturated rings. The Hall–Kier alpha value is -3.48. The Kier molecular flexibility index (Phi) is 6.55. The number of halogens is 3. The number of aromatic nitrogens is 3. The molecular weight excluding hydrogens is 473 g/mol. The summed E-state index contributed by atoms with van der Waals surface area (Å²) in [6.07, 6.45) is -2.16. The topological polar surface area (TPSA) is 109 Å². The number of nitrogens with zero attached hydrogens (tertiary/aromatic N) is 4. The van der Waals surface area contributed by atoms with Gasteiger partial charge < -0.3 is 15.5 Å². The molecule has 0 unspecified atom stereocenters. The van der Waals surface area contributed by atoms with Gasteiger partial charge in [0.15, 0.2) is 10.8 Å². The molecule has 1 saturated heterocycles. The van der Waals surface area contributed by atoms with Crippen molar-refractivity contribution in [3.8, 4) is 0 Å². The van der Waals surface area contributed by atoms with Gasteiger partial charge in [-0.3, -0.25) is 19.0 Å². The number of amides is 2. The maximum atomic E-state index is 13.2. The van der Waals surface area contributed by atoms with E-state index in [9.17, 15) is 27.6 Å². The van der Waals surface area contributed by atoms with Gasteiger partial charge in [-0.2, -0.15) is 18.2 Å². The molecule has 1 aliphatic rings. The van der Waals surface area contributed by atoms with Gasteiger partial charge in [-0.15, -0.1) is 0 Å². The Morgan fingerprint density at radius 3 is 2.59 bits per heavy atom. The minimum Gasteiger partial charge on any atom is -0.359 e. The quantitative estimate of drug-likeness (QED) is 0.564. The fraction of sp³-hybridized carbons (Fsp3) is 0.381. The molecule has 1 aliphatic heterocycles. The summed E-state index contributed by atoms with van der Waals surface area (Å²) < 4.78 is 40.7. The number of nitrogens with one attached hydrogen (secondary N) is 2. The molecule has 180 valence electrons. The molecule has 3 heterocycles. The number of hydrogen-bond donors (Lipinski definition) is 2. The van der Waals surface area contributed by atoms with Crippen molar-refractivity contribution in [3.63, 3.8) is 0 Å². The number of carbonyl (C=O) groups is 2. The van der Waals surface area contributed by atoms with E-state index in [4.69, 9.17) is 0 Å². The lowest BCUT2D eigenvalue weighted by Gasteiger charge is -2.30. The van der Waals surface area contributed by atoms with Gasteiger partial charge in [0.05, 0.1) is 11.3 Å². The fourth-order valence-corrected chi connectivity index (χ4v) is 4.82. The van der Waals surface area contributed by atoms with Crippen molar-refractivity contribution < 1.29 is 22.8 Å². The number of thiazole rings is 1. The first kappa shape index (κ1) is 23.7. The van der Waals surface area contributed by atoms with Crippen LogP contribution < -0.4 is 21.1 Å². The fourth-order valence-electron chi connectivity index (χ4n) is 3.80. The zero-order valence-corrected chi connectivity index (χ0v) is 18.9. The highest BCUT2D eigenvalue weighted by Gasteiger charge is 2.33. The largest absolute Gasteiger partial charge is 0.418 e. The summed E-state index contributed by atoms with van der Waals surface area (Å²) in [7, 11) is 1.61. The second kappa shape index (κ2) is 9.41. The van der Waals surface area contributed by atoms with E-state index in [1.165, 1.54) is 12.1 Å². The summed E-state index contributed by atoms with van der Waals surface area (Å²) >= 11 is 1.13. The highest BCUT2D eigenvalue weighted by molar-refractivity contribution is 7.22. The zero-order valence-electron chi connectivity index (χ0n) is 18.1. The van der Waals surface area contributed by atoms with Gasteiger partial charge in [0.2, 0.25) is 11.8 Å². The average Bonchev–Trinajstić information content (AvgIpc) is 3.25. The van der Waals surface area contributed by atoms with E-state index in [1.807, 2.05) is 4.90 Å². The molecule has 3 aromatic rings. The first-order valence-corrected chi connectivity index (χ1v) is 11.3. The maximum Gasteiger partial charge on any atom is 0.418 e. The first-order valence-electron chi connectivity index (χ1n) is 10.5. The van der Waals surface area contributed by atoms with Crippen LogP contribution in [0.25, 0.3) is 10.3 Å². The molecule has 0 radical (unpaired) electrons. The van der Waals surface area contributed by atoms with E-state index in [1.54, 1.807) is 7.05 Å². The lowest BCUT2D eigenvalue weighted by molar-refractivity contribution is -0.137. The number of benzene rings is 1. The Morgan fingerprint density at radius 2 is 1.91 bits per heavy atom.